The molecule has 0 bridgehead atoms. The Hall–Kier alpha value is -3.29. The van der Waals surface area contributed by atoms with Gasteiger partial charge in [0, 0.05) is 6.08 Å². The van der Waals surface area contributed by atoms with Gasteiger partial charge in [-0.15, -0.1) is 0 Å². The first kappa shape index (κ1) is 16.1. The summed E-state index contributed by atoms with van der Waals surface area (Å²) in [4.78, 5) is 20.5. The minimum atomic E-state index is -1.16. The van der Waals surface area contributed by atoms with Crippen molar-refractivity contribution in [1.29, 1.82) is 0 Å². The number of hydrogen-bond acceptors (Lipinski definition) is 6. The number of furan rings is 1. The molecule has 1 N–H and O–H groups in total. The molecule has 0 fully saturated rings. The highest BCUT2D eigenvalue weighted by Gasteiger charge is 2.11. The van der Waals surface area contributed by atoms with E-state index in [0.717, 1.165) is 6.20 Å². The second kappa shape index (κ2) is 7.12. The van der Waals surface area contributed by atoms with Gasteiger partial charge in [-0.1, -0.05) is 6.07 Å². The molecule has 0 saturated carbocycles. The standard InChI is InChI=1S/C15H13NO7/c1-21-14-8-10(6-7-16(19)20)2-4-12(14)22-9-11-3-5-13(23-11)15(17)18/h2-8H,9H2,1H3,(H,17,18)/b7-6+. The molecule has 0 spiro atoms. The molecule has 23 heavy (non-hydrogen) atoms. The van der Waals surface area contributed by atoms with E-state index in [1.165, 1.54) is 25.3 Å². The van der Waals surface area contributed by atoms with Crippen LogP contribution in [0.15, 0.2) is 40.9 Å². The predicted molar refractivity (Wildman–Crippen MR) is 79.0 cm³/mol. The Balaban J connectivity index is 2.09. The average Bonchev–Trinajstić information content (AvgIpc) is 3.00. The second-order valence-electron chi connectivity index (χ2n) is 4.37. The van der Waals surface area contributed by atoms with E-state index in [1.54, 1.807) is 18.2 Å². The third-order valence-corrected chi connectivity index (χ3v) is 2.82. The van der Waals surface area contributed by atoms with Crippen molar-refractivity contribution < 1.29 is 28.7 Å². The average molecular weight is 319 g/mol. The Morgan fingerprint density at radius 2 is 2.13 bits per heavy atom. The first-order valence-corrected chi connectivity index (χ1v) is 6.44. The molecule has 0 atom stereocenters. The number of nitrogens with zero attached hydrogens (tertiary/aromatic N) is 1. The number of carboxylic acid groups (broad SMARTS) is 1. The second-order valence-corrected chi connectivity index (χ2v) is 4.37. The molecule has 1 aromatic heterocycles. The monoisotopic (exact) mass is 319 g/mol. The van der Waals surface area contributed by atoms with E-state index < -0.39 is 10.9 Å². The van der Waals surface area contributed by atoms with E-state index in [0.29, 0.717) is 22.8 Å². The first-order chi connectivity index (χ1) is 11.0. The number of hydrogen-bond donors (Lipinski definition) is 1. The molecule has 0 unspecified atom stereocenters. The summed E-state index contributed by atoms with van der Waals surface area (Å²) in [6.45, 7) is 0.0216. The Bertz CT molecular complexity index is 748. The zero-order valence-electron chi connectivity index (χ0n) is 12.1. The molecular weight excluding hydrogens is 306 g/mol. The maximum absolute atomic E-state index is 10.7. The van der Waals surface area contributed by atoms with Crippen molar-refractivity contribution in [2.24, 2.45) is 0 Å². The van der Waals surface area contributed by atoms with E-state index in [4.69, 9.17) is 19.0 Å². The van der Waals surface area contributed by atoms with Crippen molar-refractivity contribution in [3.63, 3.8) is 0 Å². The van der Waals surface area contributed by atoms with Gasteiger partial charge >= 0.3 is 5.97 Å². The zero-order chi connectivity index (χ0) is 16.8. The van der Waals surface area contributed by atoms with Gasteiger partial charge in [0.1, 0.15) is 12.4 Å². The fourth-order valence-electron chi connectivity index (χ4n) is 1.77. The quantitative estimate of drug-likeness (QED) is 0.616. The predicted octanol–water partition coefficient (Wildman–Crippen LogP) is 2.81. The number of carbonyl (C=O) groups is 1. The smallest absolute Gasteiger partial charge is 0.371 e. The van der Waals surface area contributed by atoms with Crippen LogP contribution >= 0.6 is 0 Å². The largest absolute Gasteiger partial charge is 0.493 e. The zero-order valence-corrected chi connectivity index (χ0v) is 12.1. The number of methoxy groups -OCH3 is 1. The van der Waals surface area contributed by atoms with Gasteiger partial charge in [0.25, 0.3) is 0 Å². The number of rotatable bonds is 7. The lowest BCUT2D eigenvalue weighted by molar-refractivity contribution is -0.400. The van der Waals surface area contributed by atoms with Crippen molar-refractivity contribution in [3.8, 4) is 11.5 Å². The third kappa shape index (κ3) is 4.34. The van der Waals surface area contributed by atoms with E-state index >= 15 is 0 Å². The lowest BCUT2D eigenvalue weighted by Crippen LogP contribution is -1.97. The molecule has 120 valence electrons. The van der Waals surface area contributed by atoms with Crippen LogP contribution in [0.2, 0.25) is 0 Å². The highest BCUT2D eigenvalue weighted by molar-refractivity contribution is 5.84. The molecular formula is C15H13NO7. The number of benzene rings is 1. The molecule has 8 nitrogen and oxygen atoms in total. The molecule has 2 rings (SSSR count). The van der Waals surface area contributed by atoms with Crippen LogP contribution in [0.25, 0.3) is 6.08 Å². The third-order valence-electron chi connectivity index (χ3n) is 2.82. The SMILES string of the molecule is COc1cc(/C=C/[N+](=O)[O-])ccc1OCc1ccc(C(=O)O)o1. The summed E-state index contributed by atoms with van der Waals surface area (Å²) in [6.07, 6.45) is 2.16. The van der Waals surface area contributed by atoms with Gasteiger partial charge in [-0.2, -0.15) is 0 Å². The van der Waals surface area contributed by atoms with Gasteiger partial charge in [-0.25, -0.2) is 4.79 Å². The number of ether oxygens (including phenoxy) is 2. The van der Waals surface area contributed by atoms with Gasteiger partial charge in [0.15, 0.2) is 11.5 Å². The Morgan fingerprint density at radius 3 is 2.74 bits per heavy atom. The molecule has 0 aliphatic rings. The summed E-state index contributed by atoms with van der Waals surface area (Å²) in [5.41, 5.74) is 0.581. The van der Waals surface area contributed by atoms with Gasteiger partial charge in [-0.05, 0) is 29.8 Å². The Labute approximate surface area is 130 Å². The van der Waals surface area contributed by atoms with Gasteiger partial charge < -0.3 is 19.0 Å². The summed E-state index contributed by atoms with van der Waals surface area (Å²) in [6, 6.07) is 7.65. The highest BCUT2D eigenvalue weighted by Crippen LogP contribution is 2.29. The molecule has 1 heterocycles. The topological polar surface area (TPSA) is 112 Å². The van der Waals surface area contributed by atoms with Crippen LogP contribution in [-0.2, 0) is 6.61 Å². The highest BCUT2D eigenvalue weighted by atomic mass is 16.6. The van der Waals surface area contributed by atoms with Crippen LogP contribution in [0, 0.1) is 10.1 Å². The van der Waals surface area contributed by atoms with Crippen molar-refractivity contribution in [3.05, 3.63) is 63.7 Å². The van der Waals surface area contributed by atoms with Crippen molar-refractivity contribution in [1.82, 2.24) is 0 Å². The maximum Gasteiger partial charge on any atom is 0.371 e. The van der Waals surface area contributed by atoms with Gasteiger partial charge in [-0.3, -0.25) is 10.1 Å². The normalized spacial score (nSPS) is 10.7. The minimum Gasteiger partial charge on any atom is -0.493 e. The summed E-state index contributed by atoms with van der Waals surface area (Å²) in [5.74, 6) is -0.187. The Morgan fingerprint density at radius 1 is 1.35 bits per heavy atom. The van der Waals surface area contributed by atoms with E-state index in [9.17, 15) is 14.9 Å². The lowest BCUT2D eigenvalue weighted by atomic mass is 10.2. The molecule has 2 aromatic rings. The molecule has 1 aromatic carbocycles. The van der Waals surface area contributed by atoms with Crippen molar-refractivity contribution in [2.45, 2.75) is 6.61 Å². The van der Waals surface area contributed by atoms with Crippen LogP contribution in [0.3, 0.4) is 0 Å². The van der Waals surface area contributed by atoms with Crippen LogP contribution in [-0.4, -0.2) is 23.1 Å². The van der Waals surface area contributed by atoms with Crippen LogP contribution in [0.1, 0.15) is 21.9 Å². The molecule has 0 aliphatic carbocycles. The minimum absolute atomic E-state index is 0.0216. The molecule has 0 aliphatic heterocycles. The molecule has 0 radical (unpaired) electrons. The van der Waals surface area contributed by atoms with Crippen LogP contribution < -0.4 is 9.47 Å². The number of carboxylic acids is 1. The van der Waals surface area contributed by atoms with Crippen molar-refractivity contribution in [2.75, 3.05) is 7.11 Å². The fourth-order valence-corrected chi connectivity index (χ4v) is 1.77. The number of aromatic carboxylic acids is 1. The van der Waals surface area contributed by atoms with E-state index in [1.807, 2.05) is 0 Å². The van der Waals surface area contributed by atoms with E-state index in [2.05, 4.69) is 0 Å². The first-order valence-electron chi connectivity index (χ1n) is 6.44. The van der Waals surface area contributed by atoms with Crippen molar-refractivity contribution >= 4 is 12.0 Å². The lowest BCUT2D eigenvalue weighted by Gasteiger charge is -2.10. The summed E-state index contributed by atoms with van der Waals surface area (Å²) < 4.78 is 15.8. The summed E-state index contributed by atoms with van der Waals surface area (Å²) >= 11 is 0. The van der Waals surface area contributed by atoms with Gasteiger partial charge in [0.2, 0.25) is 12.0 Å². The number of nitro groups is 1. The molecule has 8 heteroatoms. The Kier molecular flexibility index (Phi) is 4.98. The summed E-state index contributed by atoms with van der Waals surface area (Å²) in [7, 11) is 1.44. The molecule has 0 saturated heterocycles. The van der Waals surface area contributed by atoms with E-state index in [-0.39, 0.29) is 12.4 Å². The van der Waals surface area contributed by atoms with Gasteiger partial charge in [0.05, 0.1) is 12.0 Å². The van der Waals surface area contributed by atoms with Crippen LogP contribution in [0.4, 0.5) is 0 Å². The molecule has 0 amide bonds. The maximum atomic E-state index is 10.7. The van der Waals surface area contributed by atoms with Crippen LogP contribution in [0.5, 0.6) is 11.5 Å². The summed E-state index contributed by atoms with van der Waals surface area (Å²) in [5, 5.41) is 19.1. The fraction of sp³-hybridized carbons (Fsp3) is 0.133.